The summed E-state index contributed by atoms with van der Waals surface area (Å²) in [6.45, 7) is 5.87. The van der Waals surface area contributed by atoms with Gasteiger partial charge in [-0.1, -0.05) is 0 Å². The van der Waals surface area contributed by atoms with Crippen LogP contribution >= 0.6 is 0 Å². The fraction of sp³-hybridized carbons (Fsp3) is 0.190. The van der Waals surface area contributed by atoms with E-state index in [2.05, 4.69) is 34.1 Å². The second kappa shape index (κ2) is 9.42. The second-order valence-electron chi connectivity index (χ2n) is 5.93. The third-order valence-electron chi connectivity index (χ3n) is 3.99. The van der Waals surface area contributed by atoms with Crippen molar-refractivity contribution in [2.45, 2.75) is 20.8 Å². The van der Waals surface area contributed by atoms with Gasteiger partial charge >= 0.3 is 21.1 Å². The summed E-state index contributed by atoms with van der Waals surface area (Å²) in [5.74, 6) is 1.68. The molecule has 4 aromatic rings. The summed E-state index contributed by atoms with van der Waals surface area (Å²) >= 11 is 0. The molecule has 2 heterocycles. The molecular formula is C21H21N5Pt. The Bertz CT molecular complexity index is 937. The molecule has 6 heteroatoms. The molecule has 0 saturated heterocycles. The fourth-order valence-electron chi connectivity index (χ4n) is 2.56. The molecule has 0 aliphatic rings. The molecule has 27 heavy (non-hydrogen) atoms. The van der Waals surface area contributed by atoms with Crippen molar-refractivity contribution in [3.8, 4) is 16.9 Å². The number of nitrogens with zero attached hydrogens (tertiary/aromatic N) is 5. The van der Waals surface area contributed by atoms with Gasteiger partial charge in [-0.05, 0) is 32.2 Å². The molecule has 4 rings (SSSR count). The van der Waals surface area contributed by atoms with Gasteiger partial charge in [0, 0.05) is 12.7 Å². The Morgan fingerprint density at radius 3 is 2.11 bits per heavy atom. The number of para-hydroxylation sites is 1. The van der Waals surface area contributed by atoms with Gasteiger partial charge in [0.15, 0.2) is 0 Å². The van der Waals surface area contributed by atoms with Crippen LogP contribution in [0.5, 0.6) is 0 Å². The van der Waals surface area contributed by atoms with Gasteiger partial charge in [0.25, 0.3) is 0 Å². The van der Waals surface area contributed by atoms with E-state index in [1.807, 2.05) is 80.3 Å². The molecule has 5 nitrogen and oxygen atoms in total. The number of hydrogen-bond acceptors (Lipinski definition) is 3. The molecule has 0 bridgehead atoms. The van der Waals surface area contributed by atoms with Crippen LogP contribution in [0, 0.1) is 32.9 Å². The average Bonchev–Trinajstić information content (AvgIpc) is 3.18. The van der Waals surface area contributed by atoms with Gasteiger partial charge < -0.3 is 4.57 Å². The van der Waals surface area contributed by atoms with Gasteiger partial charge in [-0.25, -0.2) is 9.67 Å². The third-order valence-corrected chi connectivity index (χ3v) is 3.99. The third kappa shape index (κ3) is 5.01. The zero-order valence-electron chi connectivity index (χ0n) is 15.7. The monoisotopic (exact) mass is 538 g/mol. The molecule has 0 spiro atoms. The van der Waals surface area contributed by atoms with Crippen molar-refractivity contribution in [2.24, 2.45) is 7.05 Å². The maximum atomic E-state index is 4.32. The van der Waals surface area contributed by atoms with E-state index in [-0.39, 0.29) is 21.1 Å². The zero-order chi connectivity index (χ0) is 18.5. The number of aromatic nitrogens is 5. The van der Waals surface area contributed by atoms with E-state index >= 15 is 0 Å². The summed E-state index contributed by atoms with van der Waals surface area (Å²) in [4.78, 5) is 8.54. The van der Waals surface area contributed by atoms with Gasteiger partial charge in [-0.2, -0.15) is 29.4 Å². The Kier molecular flexibility index (Phi) is 7.26. The Morgan fingerprint density at radius 2 is 1.63 bits per heavy atom. The van der Waals surface area contributed by atoms with Gasteiger partial charge in [0.2, 0.25) is 0 Å². The van der Waals surface area contributed by atoms with Crippen LogP contribution in [0.25, 0.3) is 16.9 Å². The standard InChI is InChI=1S/C11H11N2.C10H10N3.Pt/c1-9-11(12-8-13(9)2)10-6-4-3-5-7-10;1-8-11-9(2)13(12-8)10-6-4-3-5-7-10;/h3-6,8H,1-2H3;3-6H,1-2H3;/q2*-1;+2. The minimum Gasteiger partial charge on any atom is -0.347 e. The molecule has 140 valence electrons. The maximum absolute atomic E-state index is 4.32. The van der Waals surface area contributed by atoms with Crippen molar-refractivity contribution >= 4 is 0 Å². The first-order chi connectivity index (χ1) is 12.6. The molecule has 0 saturated carbocycles. The number of hydrogen-bond donors (Lipinski definition) is 0. The topological polar surface area (TPSA) is 48.5 Å². The quantitative estimate of drug-likeness (QED) is 0.364. The molecule has 0 aliphatic heterocycles. The first-order valence-electron chi connectivity index (χ1n) is 8.38. The first kappa shape index (κ1) is 20.8. The van der Waals surface area contributed by atoms with Crippen molar-refractivity contribution in [3.63, 3.8) is 0 Å². The second-order valence-corrected chi connectivity index (χ2v) is 5.93. The molecule has 0 atom stereocenters. The van der Waals surface area contributed by atoms with Gasteiger partial charge in [-0.15, -0.1) is 42.0 Å². The van der Waals surface area contributed by atoms with Crippen LogP contribution in [0.15, 0.2) is 54.9 Å². The van der Waals surface area contributed by atoms with E-state index in [9.17, 15) is 0 Å². The SMILES string of the molecule is Cc1c(-c2[c-]cccc2)ncn1C.Cc1nc(C)n(-c2[c-]cccc2)n1.[Pt+2]. The van der Waals surface area contributed by atoms with Crippen molar-refractivity contribution in [2.75, 3.05) is 0 Å². The Hall–Kier alpha value is -2.52. The number of aryl methyl sites for hydroxylation is 3. The molecule has 0 N–H and O–H groups in total. The van der Waals surface area contributed by atoms with Crippen LogP contribution in [0.3, 0.4) is 0 Å². The van der Waals surface area contributed by atoms with Crippen molar-refractivity contribution in [1.29, 1.82) is 0 Å². The van der Waals surface area contributed by atoms with Crippen molar-refractivity contribution in [1.82, 2.24) is 24.3 Å². The molecular weight excluding hydrogens is 517 g/mol. The summed E-state index contributed by atoms with van der Waals surface area (Å²) in [6, 6.07) is 21.9. The molecule has 0 unspecified atom stereocenters. The van der Waals surface area contributed by atoms with Crippen molar-refractivity contribution in [3.05, 3.63) is 84.3 Å². The number of imidazole rings is 1. The van der Waals surface area contributed by atoms with E-state index in [1.165, 1.54) is 5.69 Å². The molecule has 0 aliphatic carbocycles. The van der Waals surface area contributed by atoms with Gasteiger partial charge in [-0.3, -0.25) is 4.98 Å². The summed E-state index contributed by atoms with van der Waals surface area (Å²) in [7, 11) is 1.99. The summed E-state index contributed by atoms with van der Waals surface area (Å²) in [5.41, 5.74) is 4.17. The predicted octanol–water partition coefficient (Wildman–Crippen LogP) is 3.88. The summed E-state index contributed by atoms with van der Waals surface area (Å²) in [5, 5.41) is 4.25. The number of rotatable bonds is 2. The molecule has 2 aromatic heterocycles. The first-order valence-corrected chi connectivity index (χ1v) is 8.38. The van der Waals surface area contributed by atoms with Crippen LogP contribution in [0.1, 0.15) is 17.3 Å². The smallest absolute Gasteiger partial charge is 0.347 e. The van der Waals surface area contributed by atoms with Crippen LogP contribution in [0.2, 0.25) is 0 Å². The van der Waals surface area contributed by atoms with E-state index < -0.39 is 0 Å². The van der Waals surface area contributed by atoms with Gasteiger partial charge in [0.1, 0.15) is 11.6 Å². The minimum atomic E-state index is 0. The van der Waals surface area contributed by atoms with Crippen LogP contribution in [0.4, 0.5) is 0 Å². The Morgan fingerprint density at radius 1 is 0.926 bits per heavy atom. The zero-order valence-corrected chi connectivity index (χ0v) is 18.0. The average molecular weight is 539 g/mol. The summed E-state index contributed by atoms with van der Waals surface area (Å²) < 4.78 is 3.80. The van der Waals surface area contributed by atoms with Crippen LogP contribution < -0.4 is 0 Å². The maximum Gasteiger partial charge on any atom is 2.00 e. The Balaban J connectivity index is 0.000000187. The van der Waals surface area contributed by atoms with E-state index in [4.69, 9.17) is 0 Å². The molecule has 2 aromatic carbocycles. The molecule has 0 fully saturated rings. The minimum absolute atomic E-state index is 0. The van der Waals surface area contributed by atoms with E-state index in [1.54, 1.807) is 4.68 Å². The van der Waals surface area contributed by atoms with E-state index in [0.717, 1.165) is 28.6 Å². The largest absolute Gasteiger partial charge is 2.00 e. The van der Waals surface area contributed by atoms with Crippen LogP contribution in [-0.4, -0.2) is 24.3 Å². The molecule has 0 radical (unpaired) electrons. The number of benzene rings is 2. The normalized spacial score (nSPS) is 9.93. The Labute approximate surface area is 174 Å². The summed E-state index contributed by atoms with van der Waals surface area (Å²) in [6.07, 6.45) is 1.82. The van der Waals surface area contributed by atoms with Gasteiger partial charge in [0.05, 0.1) is 6.33 Å². The van der Waals surface area contributed by atoms with Crippen molar-refractivity contribution < 1.29 is 21.1 Å². The molecule has 0 amide bonds. The predicted molar refractivity (Wildman–Crippen MR) is 102 cm³/mol. The van der Waals surface area contributed by atoms with Crippen LogP contribution in [-0.2, 0) is 28.1 Å². The van der Waals surface area contributed by atoms with E-state index in [0.29, 0.717) is 0 Å². The fourth-order valence-corrected chi connectivity index (χ4v) is 2.56.